The van der Waals surface area contributed by atoms with E-state index in [0.29, 0.717) is 10.6 Å². The molecule has 0 fully saturated rings. The van der Waals surface area contributed by atoms with Gasteiger partial charge >= 0.3 is 0 Å². The Balaban J connectivity index is 2.38. The zero-order chi connectivity index (χ0) is 15.6. The van der Waals surface area contributed by atoms with E-state index >= 15 is 0 Å². The number of methoxy groups -OCH3 is 1. The van der Waals surface area contributed by atoms with Crippen molar-refractivity contribution in [1.82, 2.24) is 0 Å². The fourth-order valence-corrected chi connectivity index (χ4v) is 3.11. The predicted octanol–water partition coefficient (Wildman–Crippen LogP) is 1.96. The highest BCUT2D eigenvalue weighted by atomic mass is 32.2. The molecule has 3 N–H and O–H groups in total. The molecule has 21 heavy (non-hydrogen) atoms. The summed E-state index contributed by atoms with van der Waals surface area (Å²) in [7, 11) is -2.42. The van der Waals surface area contributed by atoms with E-state index in [9.17, 15) is 13.2 Å². The summed E-state index contributed by atoms with van der Waals surface area (Å²) >= 11 is 1.30. The SMILES string of the molecule is COc1ccc(S(N)(=O)=O)cc1NC(=O)c1sccc1C. The number of thiophene rings is 1. The lowest BCUT2D eigenvalue weighted by molar-refractivity contribution is 0.102. The number of nitrogens with one attached hydrogen (secondary N) is 1. The predicted molar refractivity (Wildman–Crippen MR) is 81.4 cm³/mol. The molecule has 1 aromatic carbocycles. The quantitative estimate of drug-likeness (QED) is 0.897. The number of benzene rings is 1. The summed E-state index contributed by atoms with van der Waals surface area (Å²) in [6, 6.07) is 5.86. The molecule has 6 nitrogen and oxygen atoms in total. The van der Waals surface area contributed by atoms with Crippen LogP contribution in [0.4, 0.5) is 5.69 Å². The van der Waals surface area contributed by atoms with Crippen LogP contribution in [0.3, 0.4) is 0 Å². The number of primary sulfonamides is 1. The number of anilines is 1. The molecule has 0 aliphatic heterocycles. The maximum Gasteiger partial charge on any atom is 0.266 e. The summed E-state index contributed by atoms with van der Waals surface area (Å²) < 4.78 is 27.9. The molecule has 0 aliphatic rings. The second kappa shape index (κ2) is 5.84. The van der Waals surface area contributed by atoms with Gasteiger partial charge in [0, 0.05) is 0 Å². The number of ether oxygens (including phenoxy) is 1. The number of rotatable bonds is 4. The summed E-state index contributed by atoms with van der Waals surface area (Å²) in [5, 5.41) is 9.54. The zero-order valence-corrected chi connectivity index (χ0v) is 13.0. The van der Waals surface area contributed by atoms with Gasteiger partial charge in [0.05, 0.1) is 22.6 Å². The van der Waals surface area contributed by atoms with Gasteiger partial charge in [-0.15, -0.1) is 11.3 Å². The van der Waals surface area contributed by atoms with Crippen LogP contribution in [0.15, 0.2) is 34.5 Å². The average Bonchev–Trinajstić information content (AvgIpc) is 2.84. The van der Waals surface area contributed by atoms with Crippen molar-refractivity contribution >= 4 is 33.0 Å². The third kappa shape index (κ3) is 3.41. The number of hydrogen-bond donors (Lipinski definition) is 2. The minimum absolute atomic E-state index is 0.0958. The van der Waals surface area contributed by atoms with Crippen molar-refractivity contribution < 1.29 is 17.9 Å². The molecule has 0 radical (unpaired) electrons. The van der Waals surface area contributed by atoms with Crippen LogP contribution >= 0.6 is 11.3 Å². The summed E-state index contributed by atoms with van der Waals surface area (Å²) in [4.78, 5) is 12.6. The van der Waals surface area contributed by atoms with Crippen LogP contribution in [-0.2, 0) is 10.0 Å². The van der Waals surface area contributed by atoms with Crippen molar-refractivity contribution in [2.75, 3.05) is 12.4 Å². The minimum Gasteiger partial charge on any atom is -0.495 e. The summed E-state index contributed by atoms with van der Waals surface area (Å²) in [5.74, 6) is 0.0253. The molecular formula is C13H14N2O4S2. The molecule has 0 atom stereocenters. The Morgan fingerprint density at radius 1 is 1.33 bits per heavy atom. The van der Waals surface area contributed by atoms with E-state index < -0.39 is 10.0 Å². The average molecular weight is 326 g/mol. The molecule has 2 rings (SSSR count). The van der Waals surface area contributed by atoms with E-state index in [1.165, 1.54) is 36.6 Å². The third-order valence-corrected chi connectivity index (χ3v) is 4.74. The van der Waals surface area contributed by atoms with Gasteiger partial charge in [0.2, 0.25) is 10.0 Å². The molecule has 0 unspecified atom stereocenters. The monoisotopic (exact) mass is 326 g/mol. The Labute approximate surface area is 126 Å². The number of nitrogens with two attached hydrogens (primary N) is 1. The molecule has 0 aliphatic carbocycles. The van der Waals surface area contributed by atoms with Crippen LogP contribution in [0.5, 0.6) is 5.75 Å². The van der Waals surface area contributed by atoms with E-state index in [-0.39, 0.29) is 16.5 Å². The van der Waals surface area contributed by atoms with Crippen LogP contribution in [0.25, 0.3) is 0 Å². The molecule has 0 bridgehead atoms. The van der Waals surface area contributed by atoms with Gasteiger partial charge in [-0.25, -0.2) is 13.6 Å². The van der Waals surface area contributed by atoms with E-state index in [0.717, 1.165) is 5.56 Å². The minimum atomic E-state index is -3.85. The summed E-state index contributed by atoms with van der Waals surface area (Å²) in [6.07, 6.45) is 0. The third-order valence-electron chi connectivity index (χ3n) is 2.82. The number of aryl methyl sites for hydroxylation is 1. The van der Waals surface area contributed by atoms with E-state index in [1.54, 1.807) is 0 Å². The molecule has 112 valence electrons. The summed E-state index contributed by atoms with van der Waals surface area (Å²) in [5.41, 5.74) is 1.10. The molecule has 8 heteroatoms. The van der Waals surface area contributed by atoms with Gasteiger partial charge in [-0.3, -0.25) is 4.79 Å². The van der Waals surface area contributed by atoms with Crippen molar-refractivity contribution in [3.05, 3.63) is 40.1 Å². The number of carbonyl (C=O) groups excluding carboxylic acids is 1. The number of amides is 1. The lowest BCUT2D eigenvalue weighted by Crippen LogP contribution is -2.15. The van der Waals surface area contributed by atoms with Gasteiger partial charge in [0.15, 0.2) is 0 Å². The van der Waals surface area contributed by atoms with Crippen molar-refractivity contribution in [3.63, 3.8) is 0 Å². The van der Waals surface area contributed by atoms with Gasteiger partial charge in [0.1, 0.15) is 5.75 Å². The number of sulfonamides is 1. The Kier molecular flexibility index (Phi) is 4.31. The van der Waals surface area contributed by atoms with E-state index in [1.807, 2.05) is 18.4 Å². The Bertz CT molecular complexity index is 781. The molecule has 1 heterocycles. The number of carbonyl (C=O) groups is 1. The largest absolute Gasteiger partial charge is 0.495 e. The highest BCUT2D eigenvalue weighted by Gasteiger charge is 2.16. The molecule has 2 aromatic rings. The first-order valence-electron chi connectivity index (χ1n) is 5.89. The first-order valence-corrected chi connectivity index (χ1v) is 8.32. The fraction of sp³-hybridized carbons (Fsp3) is 0.154. The van der Waals surface area contributed by atoms with Gasteiger partial charge in [-0.05, 0) is 42.1 Å². The van der Waals surface area contributed by atoms with Crippen molar-refractivity contribution in [1.29, 1.82) is 0 Å². The molecule has 1 amide bonds. The Morgan fingerprint density at radius 3 is 2.57 bits per heavy atom. The normalized spacial score (nSPS) is 11.2. The molecule has 0 saturated carbocycles. The molecule has 0 saturated heterocycles. The van der Waals surface area contributed by atoms with E-state index in [4.69, 9.17) is 9.88 Å². The van der Waals surface area contributed by atoms with Crippen molar-refractivity contribution in [2.45, 2.75) is 11.8 Å². The second-order valence-corrected chi connectivity index (χ2v) is 6.77. The maximum absolute atomic E-state index is 12.2. The lowest BCUT2D eigenvalue weighted by atomic mass is 10.2. The molecule has 0 spiro atoms. The second-order valence-electron chi connectivity index (χ2n) is 4.29. The molecule has 1 aromatic heterocycles. The smallest absolute Gasteiger partial charge is 0.266 e. The van der Waals surface area contributed by atoms with Gasteiger partial charge in [0.25, 0.3) is 5.91 Å². The van der Waals surface area contributed by atoms with Crippen molar-refractivity contribution in [3.8, 4) is 5.75 Å². The van der Waals surface area contributed by atoms with Gasteiger partial charge < -0.3 is 10.1 Å². The van der Waals surface area contributed by atoms with E-state index in [2.05, 4.69) is 5.32 Å². The number of hydrogen-bond acceptors (Lipinski definition) is 5. The van der Waals surface area contributed by atoms with Crippen molar-refractivity contribution in [2.24, 2.45) is 5.14 Å². The first-order chi connectivity index (χ1) is 9.82. The van der Waals surface area contributed by atoms with Crippen LogP contribution in [-0.4, -0.2) is 21.4 Å². The summed E-state index contributed by atoms with van der Waals surface area (Å²) in [6.45, 7) is 1.82. The van der Waals surface area contributed by atoms with Gasteiger partial charge in [-0.2, -0.15) is 0 Å². The maximum atomic E-state index is 12.2. The van der Waals surface area contributed by atoms with Crippen LogP contribution < -0.4 is 15.2 Å². The lowest BCUT2D eigenvalue weighted by Gasteiger charge is -2.11. The fourth-order valence-electron chi connectivity index (χ4n) is 1.75. The van der Waals surface area contributed by atoms with Crippen LogP contribution in [0.1, 0.15) is 15.2 Å². The highest BCUT2D eigenvalue weighted by Crippen LogP contribution is 2.28. The molecular weight excluding hydrogens is 312 g/mol. The standard InChI is InChI=1S/C13H14N2O4S2/c1-8-5-6-20-12(8)13(16)15-10-7-9(21(14,17)18)3-4-11(10)19-2/h3-7H,1-2H3,(H,15,16)(H2,14,17,18). The first kappa shape index (κ1) is 15.5. The topological polar surface area (TPSA) is 98.5 Å². The Morgan fingerprint density at radius 2 is 2.05 bits per heavy atom. The van der Waals surface area contributed by atoms with Crippen LogP contribution in [0.2, 0.25) is 0 Å². The zero-order valence-electron chi connectivity index (χ0n) is 11.4. The van der Waals surface area contributed by atoms with Crippen LogP contribution in [0, 0.1) is 6.92 Å². The Hall–Kier alpha value is -1.90. The highest BCUT2D eigenvalue weighted by molar-refractivity contribution is 7.89. The van der Waals surface area contributed by atoms with Gasteiger partial charge in [-0.1, -0.05) is 0 Å².